The lowest BCUT2D eigenvalue weighted by atomic mass is 10.0. The molecule has 9 nitrogen and oxygen atoms in total. The summed E-state index contributed by atoms with van der Waals surface area (Å²) in [6, 6.07) is 0. The summed E-state index contributed by atoms with van der Waals surface area (Å²) in [5.74, 6) is -0.812. The van der Waals surface area contributed by atoms with Gasteiger partial charge in [-0.05, 0) is 38.5 Å². The van der Waals surface area contributed by atoms with Crippen LogP contribution in [0.2, 0.25) is 0 Å². The number of unbranched alkanes of at least 4 members (excludes halogenated alkanes) is 42. The lowest BCUT2D eigenvalue weighted by Gasteiger charge is -2.19. The molecule has 2 atom stereocenters. The molecule has 404 valence electrons. The van der Waals surface area contributed by atoms with E-state index in [1.165, 1.54) is 250 Å². The van der Waals surface area contributed by atoms with Crippen molar-refractivity contribution in [3.05, 3.63) is 12.2 Å². The molecule has 0 rings (SSSR count). The van der Waals surface area contributed by atoms with Gasteiger partial charge in [-0.1, -0.05) is 276 Å². The average Bonchev–Trinajstić information content (AvgIpc) is 3.33. The highest BCUT2D eigenvalue weighted by atomic mass is 31.2. The molecule has 0 radical (unpaired) electrons. The van der Waals surface area contributed by atoms with Gasteiger partial charge in [0.2, 0.25) is 0 Å². The molecule has 10 heteroatoms. The molecule has 0 saturated carbocycles. The first-order valence-corrected chi connectivity index (χ1v) is 31.2. The number of phosphoric acid groups is 1. The monoisotopic (exact) mass is 984 g/mol. The Balaban J connectivity index is 3.69. The van der Waals surface area contributed by atoms with E-state index in [4.69, 9.17) is 24.3 Å². The highest BCUT2D eigenvalue weighted by Crippen LogP contribution is 2.43. The van der Waals surface area contributed by atoms with Gasteiger partial charge in [0.25, 0.3) is 0 Å². The van der Waals surface area contributed by atoms with Crippen molar-refractivity contribution in [2.75, 3.05) is 26.4 Å². The zero-order valence-electron chi connectivity index (χ0n) is 45.1. The van der Waals surface area contributed by atoms with Crippen molar-refractivity contribution in [3.8, 4) is 0 Å². The van der Waals surface area contributed by atoms with E-state index >= 15 is 0 Å². The summed E-state index contributed by atoms with van der Waals surface area (Å²) in [7, 11) is -4.37. The van der Waals surface area contributed by atoms with Gasteiger partial charge in [-0.2, -0.15) is 0 Å². The molecule has 0 aromatic heterocycles. The first-order valence-electron chi connectivity index (χ1n) is 29.7. The quantitative estimate of drug-likeness (QED) is 0.0264. The van der Waals surface area contributed by atoms with Crippen LogP contribution >= 0.6 is 7.82 Å². The first kappa shape index (κ1) is 66.8. The van der Waals surface area contributed by atoms with Crippen molar-refractivity contribution in [2.45, 2.75) is 322 Å². The zero-order valence-corrected chi connectivity index (χ0v) is 46.0. The van der Waals surface area contributed by atoms with Crippen molar-refractivity contribution >= 4 is 19.8 Å². The molecule has 0 saturated heterocycles. The van der Waals surface area contributed by atoms with E-state index in [0.29, 0.717) is 6.42 Å². The van der Waals surface area contributed by atoms with Gasteiger partial charge in [-0.25, -0.2) is 4.57 Å². The van der Waals surface area contributed by atoms with Crippen molar-refractivity contribution in [2.24, 2.45) is 5.73 Å². The third kappa shape index (κ3) is 54.1. The third-order valence-electron chi connectivity index (χ3n) is 13.4. The van der Waals surface area contributed by atoms with Crippen molar-refractivity contribution in [1.82, 2.24) is 0 Å². The minimum atomic E-state index is -4.37. The Hall–Kier alpha value is -1.25. The van der Waals surface area contributed by atoms with Crippen molar-refractivity contribution < 1.29 is 37.6 Å². The minimum Gasteiger partial charge on any atom is -0.462 e. The molecule has 68 heavy (non-hydrogen) atoms. The second kappa shape index (κ2) is 55.1. The van der Waals surface area contributed by atoms with Gasteiger partial charge in [0.15, 0.2) is 6.10 Å². The summed E-state index contributed by atoms with van der Waals surface area (Å²) in [4.78, 5) is 35.0. The van der Waals surface area contributed by atoms with E-state index in [9.17, 15) is 19.0 Å². The molecule has 0 spiro atoms. The number of rotatable bonds is 57. The summed E-state index contributed by atoms with van der Waals surface area (Å²) < 4.78 is 32.9. The predicted molar refractivity (Wildman–Crippen MR) is 289 cm³/mol. The van der Waals surface area contributed by atoms with Gasteiger partial charge in [-0.15, -0.1) is 0 Å². The fraction of sp³-hybridized carbons (Fsp3) is 0.931. The second-order valence-electron chi connectivity index (χ2n) is 20.2. The number of phosphoric ester groups is 1. The Labute approximate surface area is 421 Å². The number of allylic oxidation sites excluding steroid dienone is 2. The number of ether oxygens (including phenoxy) is 2. The highest BCUT2D eigenvalue weighted by molar-refractivity contribution is 7.47. The van der Waals surface area contributed by atoms with E-state index in [0.717, 1.165) is 32.1 Å². The summed E-state index contributed by atoms with van der Waals surface area (Å²) in [5, 5.41) is 0. The number of hydrogen-bond acceptors (Lipinski definition) is 8. The van der Waals surface area contributed by atoms with Crippen LogP contribution in [0.4, 0.5) is 0 Å². The standard InChI is InChI=1S/C58H114NO8P/c1-3-5-7-9-11-13-15-16-17-18-19-20-21-22-23-24-25-26-27-28-29-30-31-32-33-34-35-36-37-38-39-40-41-43-45-47-49-51-58(61)67-56(55-66-68(62,63)65-53-52-59)54-64-57(60)50-48-46-44-42-14-12-10-8-6-4-2/h18-19,56H,3-17,20-55,59H2,1-2H3,(H,62,63)/b19-18-. The molecule has 0 aliphatic heterocycles. The lowest BCUT2D eigenvalue weighted by Crippen LogP contribution is -2.29. The smallest absolute Gasteiger partial charge is 0.462 e. The molecule has 0 aliphatic carbocycles. The maximum atomic E-state index is 12.7. The van der Waals surface area contributed by atoms with E-state index in [1.54, 1.807) is 0 Å². The van der Waals surface area contributed by atoms with Gasteiger partial charge in [-0.3, -0.25) is 18.6 Å². The van der Waals surface area contributed by atoms with E-state index < -0.39 is 26.5 Å². The van der Waals surface area contributed by atoms with E-state index in [-0.39, 0.29) is 38.6 Å². The molecule has 0 fully saturated rings. The maximum Gasteiger partial charge on any atom is 0.472 e. The highest BCUT2D eigenvalue weighted by Gasteiger charge is 2.26. The number of nitrogens with two attached hydrogens (primary N) is 1. The largest absolute Gasteiger partial charge is 0.472 e. The van der Waals surface area contributed by atoms with Crippen molar-refractivity contribution in [3.63, 3.8) is 0 Å². The molecular formula is C58H114NO8P. The van der Waals surface area contributed by atoms with Crippen LogP contribution in [0.5, 0.6) is 0 Å². The summed E-state index contributed by atoms with van der Waals surface area (Å²) in [6.07, 6.45) is 63.2. The normalized spacial score (nSPS) is 13.1. The number of carbonyl (C=O) groups is 2. The number of esters is 2. The van der Waals surface area contributed by atoms with E-state index in [2.05, 4.69) is 26.0 Å². The van der Waals surface area contributed by atoms with Crippen molar-refractivity contribution in [1.29, 1.82) is 0 Å². The summed E-state index contributed by atoms with van der Waals surface area (Å²) >= 11 is 0. The summed E-state index contributed by atoms with van der Waals surface area (Å²) in [5.41, 5.74) is 5.36. The van der Waals surface area contributed by atoms with Gasteiger partial charge < -0.3 is 20.1 Å². The van der Waals surface area contributed by atoms with Gasteiger partial charge in [0.05, 0.1) is 13.2 Å². The molecule has 0 aliphatic rings. The van der Waals surface area contributed by atoms with Crippen LogP contribution in [0.25, 0.3) is 0 Å². The predicted octanol–water partition coefficient (Wildman–Crippen LogP) is 18.5. The van der Waals surface area contributed by atoms with Crippen LogP contribution in [-0.2, 0) is 32.7 Å². The van der Waals surface area contributed by atoms with Crippen LogP contribution in [0.1, 0.15) is 316 Å². The number of hydrogen-bond donors (Lipinski definition) is 2. The SMILES string of the molecule is CCCCCCCCCC/C=C\CCCCCCCCCCCCCCCCCCCCCCCCCCCC(=O)OC(COC(=O)CCCCCCCCCCCC)COP(=O)(O)OCCN. The molecule has 0 aromatic carbocycles. The van der Waals surface area contributed by atoms with E-state index in [1.807, 2.05) is 0 Å². The molecule has 0 amide bonds. The Bertz CT molecular complexity index is 1120. The fourth-order valence-corrected chi connectivity index (χ4v) is 9.75. The zero-order chi connectivity index (χ0) is 49.5. The third-order valence-corrected chi connectivity index (χ3v) is 14.4. The summed E-state index contributed by atoms with van der Waals surface area (Å²) in [6.45, 7) is 3.77. The molecule has 2 unspecified atom stereocenters. The lowest BCUT2D eigenvalue weighted by molar-refractivity contribution is -0.161. The van der Waals surface area contributed by atoms with Crippen LogP contribution < -0.4 is 5.73 Å². The Kier molecular flexibility index (Phi) is 54.1. The molecule has 0 heterocycles. The Morgan fingerprint density at radius 2 is 0.721 bits per heavy atom. The number of carbonyl (C=O) groups excluding carboxylic acids is 2. The van der Waals surface area contributed by atoms with Gasteiger partial charge in [0.1, 0.15) is 6.61 Å². The van der Waals surface area contributed by atoms with Gasteiger partial charge >= 0.3 is 19.8 Å². The second-order valence-corrected chi connectivity index (χ2v) is 21.7. The topological polar surface area (TPSA) is 134 Å². The maximum absolute atomic E-state index is 12.7. The minimum absolute atomic E-state index is 0.0575. The first-order chi connectivity index (χ1) is 33.3. The molecule has 3 N–H and O–H groups in total. The molecular weight excluding hydrogens is 870 g/mol. The van der Waals surface area contributed by atoms with Gasteiger partial charge in [0, 0.05) is 19.4 Å². The Morgan fingerprint density at radius 3 is 1.04 bits per heavy atom. The van der Waals surface area contributed by atoms with Crippen LogP contribution in [-0.4, -0.2) is 49.3 Å². The molecule has 0 bridgehead atoms. The average molecular weight is 985 g/mol. The fourth-order valence-electron chi connectivity index (χ4n) is 8.99. The van der Waals surface area contributed by atoms with Crippen LogP contribution in [0.3, 0.4) is 0 Å². The van der Waals surface area contributed by atoms with Crippen LogP contribution in [0.15, 0.2) is 12.2 Å². The molecule has 0 aromatic rings. The van der Waals surface area contributed by atoms with Crippen LogP contribution in [0, 0.1) is 0 Å². The Morgan fingerprint density at radius 1 is 0.426 bits per heavy atom.